The highest BCUT2D eigenvalue weighted by Crippen LogP contribution is 2.38. The summed E-state index contributed by atoms with van der Waals surface area (Å²) in [5.74, 6) is 0.840. The first kappa shape index (κ1) is 18.3. The molecule has 2 rings (SSSR count). The van der Waals surface area contributed by atoms with Gasteiger partial charge >= 0.3 is 6.18 Å². The van der Waals surface area contributed by atoms with Crippen LogP contribution in [0.15, 0.2) is 4.99 Å². The van der Waals surface area contributed by atoms with Crippen LogP contribution in [0.5, 0.6) is 0 Å². The molecule has 2 heterocycles. The number of nitrogens with zero attached hydrogens (tertiary/aromatic N) is 2. The number of nitrogens with one attached hydrogen (secondary N) is 1. The van der Waals surface area contributed by atoms with E-state index < -0.39 is 12.8 Å². The summed E-state index contributed by atoms with van der Waals surface area (Å²) >= 11 is 0. The number of rotatable bonds is 6. The highest BCUT2D eigenvalue weighted by molar-refractivity contribution is 5.80. The molecule has 1 spiro atoms. The molecule has 23 heavy (non-hydrogen) atoms. The van der Waals surface area contributed by atoms with Gasteiger partial charge < -0.3 is 19.7 Å². The van der Waals surface area contributed by atoms with E-state index in [9.17, 15) is 13.2 Å². The zero-order valence-corrected chi connectivity index (χ0v) is 13.6. The predicted octanol–water partition coefficient (Wildman–Crippen LogP) is 2.03. The molecule has 2 saturated heterocycles. The fourth-order valence-electron chi connectivity index (χ4n) is 3.05. The van der Waals surface area contributed by atoms with E-state index in [-0.39, 0.29) is 12.0 Å². The maximum atomic E-state index is 12.0. The predicted molar refractivity (Wildman–Crippen MR) is 81.5 cm³/mol. The summed E-state index contributed by atoms with van der Waals surface area (Å²) in [6, 6.07) is 0. The van der Waals surface area contributed by atoms with E-state index in [1.54, 1.807) is 0 Å². The van der Waals surface area contributed by atoms with Gasteiger partial charge in [0.1, 0.15) is 6.61 Å². The molecule has 0 aromatic heterocycles. The lowest BCUT2D eigenvalue weighted by atomic mass is 9.87. The molecule has 0 aromatic carbocycles. The largest absolute Gasteiger partial charge is 0.411 e. The van der Waals surface area contributed by atoms with Crippen LogP contribution in [-0.4, -0.2) is 69.6 Å². The Balaban J connectivity index is 1.74. The van der Waals surface area contributed by atoms with Gasteiger partial charge in [-0.15, -0.1) is 0 Å². The van der Waals surface area contributed by atoms with E-state index in [2.05, 4.69) is 19.9 Å². The van der Waals surface area contributed by atoms with Gasteiger partial charge in [0.2, 0.25) is 0 Å². The molecule has 134 valence electrons. The zero-order chi connectivity index (χ0) is 16.8. The first-order valence-electron chi connectivity index (χ1n) is 8.20. The van der Waals surface area contributed by atoms with Crippen molar-refractivity contribution in [1.29, 1.82) is 0 Å². The summed E-state index contributed by atoms with van der Waals surface area (Å²) in [4.78, 5) is 6.74. The van der Waals surface area contributed by atoms with Crippen LogP contribution in [0.3, 0.4) is 0 Å². The lowest BCUT2D eigenvalue weighted by molar-refractivity contribution is -0.173. The second-order valence-electron chi connectivity index (χ2n) is 6.23. The number of alkyl halides is 3. The van der Waals surface area contributed by atoms with Crippen LogP contribution in [0, 0.1) is 5.41 Å². The standard InChI is InChI=1S/C15H26F3N3O2/c1-2-19-13(20-6-3-8-22-12-15(16,17)18)21-7-4-14(10-21)5-9-23-11-14/h2-12H2,1H3,(H,19,20). The summed E-state index contributed by atoms with van der Waals surface area (Å²) in [7, 11) is 0. The Labute approximate surface area is 135 Å². The third-order valence-electron chi connectivity index (χ3n) is 4.23. The van der Waals surface area contributed by atoms with Crippen LogP contribution in [0.2, 0.25) is 0 Å². The number of aliphatic imine (C=N–C) groups is 1. The molecule has 2 aliphatic rings. The molecule has 0 amide bonds. The fraction of sp³-hybridized carbons (Fsp3) is 0.933. The molecule has 1 unspecified atom stereocenters. The molecule has 5 nitrogen and oxygen atoms in total. The summed E-state index contributed by atoms with van der Waals surface area (Å²) in [5.41, 5.74) is 0.256. The van der Waals surface area contributed by atoms with Gasteiger partial charge in [-0.1, -0.05) is 0 Å². The minimum absolute atomic E-state index is 0.0696. The van der Waals surface area contributed by atoms with Crippen LogP contribution in [0.1, 0.15) is 26.2 Å². The highest BCUT2D eigenvalue weighted by Gasteiger charge is 2.42. The molecule has 1 atom stereocenters. The van der Waals surface area contributed by atoms with Crippen LogP contribution in [0.4, 0.5) is 13.2 Å². The fourth-order valence-corrected chi connectivity index (χ4v) is 3.05. The number of halogens is 3. The van der Waals surface area contributed by atoms with E-state index in [0.29, 0.717) is 13.0 Å². The van der Waals surface area contributed by atoms with E-state index in [4.69, 9.17) is 4.74 Å². The normalized spacial score (nSPS) is 25.6. The Hall–Kier alpha value is -1.02. The molecule has 0 radical (unpaired) electrons. The number of guanidine groups is 1. The van der Waals surface area contributed by atoms with E-state index in [1.165, 1.54) is 0 Å². The third-order valence-corrected chi connectivity index (χ3v) is 4.23. The average Bonchev–Trinajstić information content (AvgIpc) is 3.11. The van der Waals surface area contributed by atoms with Crippen molar-refractivity contribution in [3.63, 3.8) is 0 Å². The Morgan fingerprint density at radius 2 is 2.22 bits per heavy atom. The quantitative estimate of drug-likeness (QED) is 0.458. The second kappa shape index (κ2) is 8.19. The zero-order valence-electron chi connectivity index (χ0n) is 13.6. The van der Waals surface area contributed by atoms with Gasteiger partial charge in [0, 0.05) is 44.8 Å². The first-order valence-corrected chi connectivity index (χ1v) is 8.20. The van der Waals surface area contributed by atoms with E-state index >= 15 is 0 Å². The van der Waals surface area contributed by atoms with Crippen LogP contribution in [0.25, 0.3) is 0 Å². The van der Waals surface area contributed by atoms with Crippen LogP contribution < -0.4 is 5.32 Å². The van der Waals surface area contributed by atoms with Gasteiger partial charge in [-0.05, 0) is 26.2 Å². The molecule has 0 bridgehead atoms. The summed E-state index contributed by atoms with van der Waals surface area (Å²) in [5, 5.41) is 3.26. The summed E-state index contributed by atoms with van der Waals surface area (Å²) < 4.78 is 46.0. The Morgan fingerprint density at radius 1 is 1.39 bits per heavy atom. The highest BCUT2D eigenvalue weighted by atomic mass is 19.4. The van der Waals surface area contributed by atoms with Crippen molar-refractivity contribution in [3.05, 3.63) is 0 Å². The molecule has 0 aliphatic carbocycles. The summed E-state index contributed by atoms with van der Waals surface area (Å²) in [6.45, 7) is 5.64. The number of likely N-dealkylation sites (tertiary alicyclic amines) is 1. The van der Waals surface area contributed by atoms with Crippen LogP contribution in [-0.2, 0) is 9.47 Å². The topological polar surface area (TPSA) is 46.1 Å². The second-order valence-corrected chi connectivity index (χ2v) is 6.23. The van der Waals surface area contributed by atoms with Crippen molar-refractivity contribution in [2.24, 2.45) is 10.4 Å². The number of hydrogen-bond acceptors (Lipinski definition) is 3. The monoisotopic (exact) mass is 337 g/mol. The van der Waals surface area contributed by atoms with Gasteiger partial charge in [0.15, 0.2) is 5.96 Å². The SMILES string of the molecule is CCNC(=NCCCOCC(F)(F)F)N1CCC2(CCOC2)C1. The number of ether oxygens (including phenoxy) is 2. The van der Waals surface area contributed by atoms with E-state index in [0.717, 1.165) is 51.6 Å². The molecule has 2 aliphatic heterocycles. The molecule has 0 saturated carbocycles. The Morgan fingerprint density at radius 3 is 2.87 bits per heavy atom. The Bertz CT molecular complexity index is 396. The van der Waals surface area contributed by atoms with Gasteiger partial charge in [0.25, 0.3) is 0 Å². The van der Waals surface area contributed by atoms with Crippen molar-refractivity contribution in [2.45, 2.75) is 32.4 Å². The lowest BCUT2D eigenvalue weighted by Gasteiger charge is -2.25. The maximum Gasteiger partial charge on any atom is 0.411 e. The van der Waals surface area contributed by atoms with Crippen molar-refractivity contribution in [3.8, 4) is 0 Å². The number of hydrogen-bond donors (Lipinski definition) is 1. The average molecular weight is 337 g/mol. The van der Waals surface area contributed by atoms with E-state index in [1.807, 2.05) is 6.92 Å². The molecular formula is C15H26F3N3O2. The lowest BCUT2D eigenvalue weighted by Crippen LogP contribution is -2.41. The Kier molecular flexibility index (Phi) is 6.52. The van der Waals surface area contributed by atoms with Gasteiger partial charge in [-0.25, -0.2) is 0 Å². The van der Waals surface area contributed by atoms with Crippen LogP contribution >= 0.6 is 0 Å². The molecule has 1 N–H and O–H groups in total. The maximum absolute atomic E-state index is 12.0. The van der Waals surface area contributed by atoms with Crippen molar-refractivity contribution in [1.82, 2.24) is 10.2 Å². The first-order chi connectivity index (χ1) is 10.9. The van der Waals surface area contributed by atoms with Gasteiger partial charge in [0.05, 0.1) is 6.61 Å². The minimum Gasteiger partial charge on any atom is -0.381 e. The van der Waals surface area contributed by atoms with Gasteiger partial charge in [-0.3, -0.25) is 4.99 Å². The summed E-state index contributed by atoms with van der Waals surface area (Å²) in [6.07, 6.45) is -1.58. The third kappa shape index (κ3) is 5.84. The molecular weight excluding hydrogens is 311 g/mol. The van der Waals surface area contributed by atoms with Gasteiger partial charge in [-0.2, -0.15) is 13.2 Å². The van der Waals surface area contributed by atoms with Crippen molar-refractivity contribution < 1.29 is 22.6 Å². The smallest absolute Gasteiger partial charge is 0.381 e. The van der Waals surface area contributed by atoms with Crippen molar-refractivity contribution >= 4 is 5.96 Å². The van der Waals surface area contributed by atoms with Crippen molar-refractivity contribution in [2.75, 3.05) is 52.6 Å². The molecule has 0 aromatic rings. The molecule has 8 heteroatoms. The minimum atomic E-state index is -4.26. The molecule has 2 fully saturated rings.